The van der Waals surface area contributed by atoms with E-state index in [1.165, 1.54) is 6.08 Å². The Hall–Kier alpha value is -3.39. The highest BCUT2D eigenvalue weighted by Crippen LogP contribution is 2.19. The summed E-state index contributed by atoms with van der Waals surface area (Å²) in [5.41, 5.74) is 3.66. The van der Waals surface area contributed by atoms with Gasteiger partial charge < -0.3 is 0 Å². The van der Waals surface area contributed by atoms with Gasteiger partial charge in [0.1, 0.15) is 18.5 Å². The smallest absolute Gasteiger partial charge is 0.135 e. The molecule has 2 aromatic heterocycles. The summed E-state index contributed by atoms with van der Waals surface area (Å²) in [6.07, 6.45) is 4.95. The normalized spacial score (nSPS) is 10.7. The Balaban J connectivity index is 2.00. The zero-order chi connectivity index (χ0) is 14.9. The first-order valence-corrected chi connectivity index (χ1v) is 6.83. The third-order valence-electron chi connectivity index (χ3n) is 3.59. The molecule has 0 saturated heterocycles. The minimum Gasteiger partial charge on any atom is -0.283 e. The Labute approximate surface area is 126 Å². The standard InChI is InChI=1S/C17H11N5/c18-10-9-17(21-11-19-13-5-1-3-7-15(13)21)22-12-20-14-6-2-4-8-16(14)22/h1-9,11-12H. The summed E-state index contributed by atoms with van der Waals surface area (Å²) >= 11 is 0. The lowest BCUT2D eigenvalue weighted by molar-refractivity contribution is 0.789. The first-order valence-electron chi connectivity index (χ1n) is 6.83. The maximum Gasteiger partial charge on any atom is 0.135 e. The van der Waals surface area contributed by atoms with Gasteiger partial charge in [0.2, 0.25) is 0 Å². The minimum absolute atomic E-state index is 0.699. The number of rotatable bonds is 2. The van der Waals surface area contributed by atoms with E-state index in [9.17, 15) is 5.26 Å². The third kappa shape index (κ3) is 1.79. The zero-order valence-corrected chi connectivity index (χ0v) is 11.6. The fourth-order valence-corrected chi connectivity index (χ4v) is 2.60. The molecule has 0 bridgehead atoms. The van der Waals surface area contributed by atoms with E-state index in [1.807, 2.05) is 57.7 Å². The van der Waals surface area contributed by atoms with Gasteiger partial charge in [0.25, 0.3) is 0 Å². The Kier molecular flexibility index (Phi) is 2.73. The van der Waals surface area contributed by atoms with Gasteiger partial charge in [-0.05, 0) is 24.3 Å². The van der Waals surface area contributed by atoms with Gasteiger partial charge in [0, 0.05) is 0 Å². The molecule has 4 aromatic rings. The number of para-hydroxylation sites is 4. The lowest BCUT2D eigenvalue weighted by Crippen LogP contribution is -2.09. The molecule has 0 amide bonds. The fraction of sp³-hybridized carbons (Fsp3) is 0. The van der Waals surface area contributed by atoms with Gasteiger partial charge in [-0.15, -0.1) is 0 Å². The summed E-state index contributed by atoms with van der Waals surface area (Å²) in [6, 6.07) is 17.8. The van der Waals surface area contributed by atoms with Crippen LogP contribution in [0.1, 0.15) is 0 Å². The van der Waals surface area contributed by atoms with Crippen LogP contribution in [-0.4, -0.2) is 19.1 Å². The molecular weight excluding hydrogens is 274 g/mol. The van der Waals surface area contributed by atoms with Gasteiger partial charge in [-0.1, -0.05) is 24.3 Å². The second-order valence-corrected chi connectivity index (χ2v) is 4.84. The van der Waals surface area contributed by atoms with E-state index in [0.717, 1.165) is 22.1 Å². The van der Waals surface area contributed by atoms with Crippen LogP contribution in [0.5, 0.6) is 0 Å². The molecule has 0 aliphatic rings. The fourth-order valence-electron chi connectivity index (χ4n) is 2.60. The van der Waals surface area contributed by atoms with Crippen LogP contribution >= 0.6 is 0 Å². The maximum absolute atomic E-state index is 9.18. The van der Waals surface area contributed by atoms with Crippen molar-refractivity contribution in [2.45, 2.75) is 0 Å². The molecule has 5 heteroatoms. The van der Waals surface area contributed by atoms with Crippen molar-refractivity contribution in [2.24, 2.45) is 0 Å². The molecule has 22 heavy (non-hydrogen) atoms. The Morgan fingerprint density at radius 2 is 1.36 bits per heavy atom. The molecule has 0 radical (unpaired) electrons. The number of nitriles is 1. The van der Waals surface area contributed by atoms with Crippen LogP contribution < -0.4 is 0 Å². The van der Waals surface area contributed by atoms with Gasteiger partial charge in [-0.25, -0.2) is 9.97 Å². The molecule has 0 fully saturated rings. The van der Waals surface area contributed by atoms with Crippen LogP contribution in [0, 0.1) is 17.2 Å². The van der Waals surface area contributed by atoms with E-state index >= 15 is 0 Å². The van der Waals surface area contributed by atoms with Crippen molar-refractivity contribution in [1.29, 1.82) is 5.26 Å². The second kappa shape index (κ2) is 4.86. The Morgan fingerprint density at radius 3 is 1.86 bits per heavy atom. The molecule has 4 rings (SSSR count). The number of aromatic nitrogens is 4. The number of fused-ring (bicyclic) bond motifs is 2. The number of nitrogens with zero attached hydrogens (tertiary/aromatic N) is 5. The zero-order valence-electron chi connectivity index (χ0n) is 11.6. The molecule has 0 N–H and O–H groups in total. The first kappa shape index (κ1) is 12.4. The van der Waals surface area contributed by atoms with Gasteiger partial charge in [-0.2, -0.15) is 5.26 Å². The molecule has 5 nitrogen and oxygen atoms in total. The molecular formula is C17H11N5. The highest BCUT2D eigenvalue weighted by Gasteiger charge is 2.11. The van der Waals surface area contributed by atoms with Crippen LogP contribution in [0.4, 0.5) is 0 Å². The number of hydrogen-bond acceptors (Lipinski definition) is 3. The summed E-state index contributed by atoms with van der Waals surface area (Å²) in [5, 5.41) is 9.18. The Bertz CT molecular complexity index is 969. The molecule has 0 spiro atoms. The second-order valence-electron chi connectivity index (χ2n) is 4.84. The molecule has 0 aliphatic carbocycles. The highest BCUT2D eigenvalue weighted by molar-refractivity contribution is 5.78. The number of allylic oxidation sites excluding steroid dienone is 1. The quantitative estimate of drug-likeness (QED) is 0.532. The maximum atomic E-state index is 9.18. The summed E-state index contributed by atoms with van der Waals surface area (Å²) in [6.45, 7) is 0. The van der Waals surface area contributed by atoms with Gasteiger partial charge >= 0.3 is 0 Å². The number of hydrogen-bond donors (Lipinski definition) is 0. The predicted octanol–water partition coefficient (Wildman–Crippen LogP) is 3.07. The van der Waals surface area contributed by atoms with Crippen molar-refractivity contribution in [1.82, 2.24) is 19.1 Å². The average Bonchev–Trinajstić information content (AvgIpc) is 3.17. The largest absolute Gasteiger partial charge is 0.283 e. The summed E-state index contributed by atoms with van der Waals surface area (Å²) in [4.78, 5) is 8.78. The molecule has 0 atom stereocenters. The topological polar surface area (TPSA) is 59.4 Å². The molecule has 2 heterocycles. The summed E-state index contributed by atoms with van der Waals surface area (Å²) in [5.74, 6) is 0.699. The van der Waals surface area contributed by atoms with Gasteiger partial charge in [-0.3, -0.25) is 9.13 Å². The van der Waals surface area contributed by atoms with Crippen LogP contribution in [0.3, 0.4) is 0 Å². The van der Waals surface area contributed by atoms with Crippen molar-refractivity contribution in [3.63, 3.8) is 0 Å². The first-order chi connectivity index (χ1) is 10.9. The van der Waals surface area contributed by atoms with E-state index in [1.54, 1.807) is 12.7 Å². The molecule has 0 saturated carbocycles. The number of imidazole rings is 2. The average molecular weight is 285 g/mol. The Morgan fingerprint density at radius 1 is 0.864 bits per heavy atom. The van der Waals surface area contributed by atoms with Crippen molar-refractivity contribution < 1.29 is 0 Å². The van der Waals surface area contributed by atoms with E-state index < -0.39 is 0 Å². The number of benzene rings is 2. The lowest BCUT2D eigenvalue weighted by atomic mass is 10.3. The van der Waals surface area contributed by atoms with Crippen molar-refractivity contribution in [3.05, 3.63) is 73.1 Å². The molecule has 104 valence electrons. The van der Waals surface area contributed by atoms with Gasteiger partial charge in [0.15, 0.2) is 0 Å². The van der Waals surface area contributed by atoms with E-state index in [2.05, 4.69) is 16.0 Å². The van der Waals surface area contributed by atoms with E-state index in [4.69, 9.17) is 0 Å². The third-order valence-corrected chi connectivity index (χ3v) is 3.59. The van der Waals surface area contributed by atoms with Crippen molar-refractivity contribution >= 4 is 22.1 Å². The monoisotopic (exact) mass is 285 g/mol. The lowest BCUT2D eigenvalue weighted by Gasteiger charge is -2.10. The predicted molar refractivity (Wildman–Crippen MR) is 83.7 cm³/mol. The van der Waals surface area contributed by atoms with E-state index in [0.29, 0.717) is 5.82 Å². The molecule has 0 unspecified atom stereocenters. The van der Waals surface area contributed by atoms with Crippen LogP contribution in [0.2, 0.25) is 0 Å². The highest BCUT2D eigenvalue weighted by atomic mass is 15.2. The molecule has 2 aromatic carbocycles. The SMILES string of the molecule is N#CC=C(n1cnc2ccccc21)n1cnc2ccccc21. The van der Waals surface area contributed by atoms with Crippen LogP contribution in [0.15, 0.2) is 67.3 Å². The van der Waals surface area contributed by atoms with Crippen LogP contribution in [-0.2, 0) is 0 Å². The molecule has 0 aliphatic heterocycles. The summed E-state index contributed by atoms with van der Waals surface area (Å²) in [7, 11) is 0. The van der Waals surface area contributed by atoms with Gasteiger partial charge in [0.05, 0.1) is 34.2 Å². The summed E-state index contributed by atoms with van der Waals surface area (Å²) < 4.78 is 3.79. The van der Waals surface area contributed by atoms with E-state index in [-0.39, 0.29) is 0 Å². The van der Waals surface area contributed by atoms with Crippen LogP contribution in [0.25, 0.3) is 22.1 Å². The van der Waals surface area contributed by atoms with Crippen molar-refractivity contribution in [3.8, 4) is 6.07 Å². The van der Waals surface area contributed by atoms with Crippen molar-refractivity contribution in [2.75, 3.05) is 0 Å². The minimum atomic E-state index is 0.699.